The van der Waals surface area contributed by atoms with Gasteiger partial charge >= 0.3 is 6.03 Å². The Labute approximate surface area is 89.9 Å². The van der Waals surface area contributed by atoms with Crippen molar-refractivity contribution in [2.75, 3.05) is 12.4 Å². The fourth-order valence-electron chi connectivity index (χ4n) is 0.905. The monoisotopic (exact) mass is 241 g/mol. The second-order valence-corrected chi connectivity index (χ2v) is 3.58. The quantitative estimate of drug-likeness (QED) is 0.714. The zero-order valence-electron chi connectivity index (χ0n) is 6.40. The lowest BCUT2D eigenvalue weighted by Crippen LogP contribution is -2.32. The summed E-state index contributed by atoms with van der Waals surface area (Å²) in [5.74, 6) is 0.203. The van der Waals surface area contributed by atoms with Gasteiger partial charge in [-0.1, -0.05) is 23.2 Å². The molecule has 13 heavy (non-hydrogen) atoms. The van der Waals surface area contributed by atoms with Crippen molar-refractivity contribution < 1.29 is 4.79 Å². The molecule has 4 nitrogen and oxygen atoms in total. The average molecular weight is 242 g/mol. The summed E-state index contributed by atoms with van der Waals surface area (Å²) in [5.41, 5.74) is 0.124. The highest BCUT2D eigenvalue weighted by atomic mass is 35.5. The standard InChI is InChI=1S/C6H6Cl3N3O/c7-1-2-12-5(10)3(4(8)9)11-6(12)13/h10H,1-2H2,(H,11,13). The number of carbonyl (C=O) groups is 1. The molecule has 1 rings (SSSR count). The Bertz CT molecular complexity index is 285. The molecule has 0 aromatic carbocycles. The van der Waals surface area contributed by atoms with Gasteiger partial charge in [-0.2, -0.15) is 0 Å². The van der Waals surface area contributed by atoms with Crippen LogP contribution in [0.5, 0.6) is 0 Å². The first kappa shape index (κ1) is 10.6. The van der Waals surface area contributed by atoms with Gasteiger partial charge in [-0.25, -0.2) is 4.79 Å². The van der Waals surface area contributed by atoms with E-state index in [0.29, 0.717) is 0 Å². The highest BCUT2D eigenvalue weighted by Crippen LogP contribution is 2.19. The second kappa shape index (κ2) is 4.17. The number of nitrogens with one attached hydrogen (secondary N) is 2. The average Bonchev–Trinajstić information content (AvgIpc) is 2.32. The highest BCUT2D eigenvalue weighted by Gasteiger charge is 2.31. The van der Waals surface area contributed by atoms with Crippen molar-refractivity contribution in [3.63, 3.8) is 0 Å². The number of urea groups is 1. The summed E-state index contributed by atoms with van der Waals surface area (Å²) < 4.78 is -0.129. The van der Waals surface area contributed by atoms with Gasteiger partial charge in [0.05, 0.1) is 0 Å². The normalized spacial score (nSPS) is 16.5. The molecule has 1 saturated heterocycles. The molecule has 0 radical (unpaired) electrons. The van der Waals surface area contributed by atoms with E-state index >= 15 is 0 Å². The van der Waals surface area contributed by atoms with Crippen LogP contribution >= 0.6 is 34.8 Å². The van der Waals surface area contributed by atoms with Gasteiger partial charge in [0, 0.05) is 12.4 Å². The third-order valence-electron chi connectivity index (χ3n) is 1.48. The van der Waals surface area contributed by atoms with E-state index in [1.165, 1.54) is 0 Å². The summed E-state index contributed by atoms with van der Waals surface area (Å²) in [5, 5.41) is 9.84. The Morgan fingerprint density at radius 2 is 2.15 bits per heavy atom. The number of carbonyl (C=O) groups excluding carboxylic acids is 1. The molecule has 2 amide bonds. The van der Waals surface area contributed by atoms with Gasteiger partial charge in [0.25, 0.3) is 0 Å². The van der Waals surface area contributed by atoms with Crippen LogP contribution in [0.3, 0.4) is 0 Å². The Hall–Kier alpha value is -0.450. The van der Waals surface area contributed by atoms with E-state index in [-0.39, 0.29) is 28.4 Å². The zero-order chi connectivity index (χ0) is 10.0. The van der Waals surface area contributed by atoms with Crippen molar-refractivity contribution in [2.24, 2.45) is 0 Å². The number of amidine groups is 1. The first-order valence-electron chi connectivity index (χ1n) is 3.36. The molecular weight excluding hydrogens is 236 g/mol. The first-order chi connectivity index (χ1) is 6.07. The molecule has 72 valence electrons. The molecule has 0 unspecified atom stereocenters. The third kappa shape index (κ3) is 2.07. The van der Waals surface area contributed by atoms with E-state index < -0.39 is 6.03 Å². The van der Waals surface area contributed by atoms with Crippen molar-refractivity contribution in [1.29, 1.82) is 5.41 Å². The molecule has 1 aliphatic heterocycles. The number of halogens is 3. The maximum atomic E-state index is 11.2. The van der Waals surface area contributed by atoms with E-state index in [4.69, 9.17) is 40.2 Å². The molecule has 1 aliphatic rings. The van der Waals surface area contributed by atoms with Crippen molar-refractivity contribution in [3.05, 3.63) is 10.2 Å². The van der Waals surface area contributed by atoms with Gasteiger partial charge in [0.15, 0.2) is 5.84 Å². The summed E-state index contributed by atoms with van der Waals surface area (Å²) >= 11 is 16.3. The molecule has 1 fully saturated rings. The van der Waals surface area contributed by atoms with Crippen molar-refractivity contribution in [1.82, 2.24) is 10.2 Å². The fraction of sp³-hybridized carbons (Fsp3) is 0.333. The first-order valence-corrected chi connectivity index (χ1v) is 4.65. The summed E-state index contributed by atoms with van der Waals surface area (Å²) in [6.07, 6.45) is 0. The van der Waals surface area contributed by atoms with Crippen molar-refractivity contribution in [2.45, 2.75) is 0 Å². The Morgan fingerprint density at radius 3 is 2.54 bits per heavy atom. The topological polar surface area (TPSA) is 56.2 Å². The molecule has 0 bridgehead atoms. The Morgan fingerprint density at radius 1 is 1.54 bits per heavy atom. The van der Waals surface area contributed by atoms with Crippen LogP contribution in [0.25, 0.3) is 0 Å². The van der Waals surface area contributed by atoms with E-state index in [2.05, 4.69) is 5.32 Å². The number of hydrogen-bond donors (Lipinski definition) is 2. The van der Waals surface area contributed by atoms with Crippen LogP contribution < -0.4 is 5.32 Å². The molecule has 7 heteroatoms. The van der Waals surface area contributed by atoms with Gasteiger partial charge in [0.2, 0.25) is 0 Å². The maximum absolute atomic E-state index is 11.2. The highest BCUT2D eigenvalue weighted by molar-refractivity contribution is 6.57. The van der Waals surface area contributed by atoms with E-state index in [9.17, 15) is 4.79 Å². The predicted octanol–water partition coefficient (Wildman–Crippen LogP) is 1.87. The van der Waals surface area contributed by atoms with E-state index in [1.807, 2.05) is 0 Å². The SMILES string of the molecule is N=C1C(=C(Cl)Cl)NC(=O)N1CCCl. The molecular formula is C6H6Cl3N3O. The van der Waals surface area contributed by atoms with Gasteiger partial charge < -0.3 is 5.32 Å². The van der Waals surface area contributed by atoms with Gasteiger partial charge in [0.1, 0.15) is 10.2 Å². The number of hydrogen-bond acceptors (Lipinski definition) is 2. The lowest BCUT2D eigenvalue weighted by atomic mass is 10.4. The molecule has 1 heterocycles. The van der Waals surface area contributed by atoms with E-state index in [1.54, 1.807) is 0 Å². The second-order valence-electron chi connectivity index (χ2n) is 2.25. The zero-order valence-corrected chi connectivity index (χ0v) is 8.67. The number of nitrogens with zero attached hydrogens (tertiary/aromatic N) is 1. The number of amides is 2. The summed E-state index contributed by atoms with van der Waals surface area (Å²) in [7, 11) is 0. The van der Waals surface area contributed by atoms with Gasteiger partial charge in [-0.05, 0) is 0 Å². The molecule has 0 aromatic rings. The van der Waals surface area contributed by atoms with Crippen LogP contribution in [-0.2, 0) is 0 Å². The molecule has 2 N–H and O–H groups in total. The smallest absolute Gasteiger partial charge is 0.302 e. The minimum absolute atomic E-state index is 0.0503. The van der Waals surface area contributed by atoms with Crippen molar-refractivity contribution in [3.8, 4) is 0 Å². The Balaban J connectivity index is 2.88. The molecule has 0 spiro atoms. The van der Waals surface area contributed by atoms with Gasteiger partial charge in [-0.15, -0.1) is 11.6 Å². The van der Waals surface area contributed by atoms with Crippen LogP contribution in [0, 0.1) is 5.41 Å². The summed E-state index contributed by atoms with van der Waals surface area (Å²) in [4.78, 5) is 12.3. The molecule has 0 aromatic heterocycles. The molecule has 0 atom stereocenters. The van der Waals surface area contributed by atoms with Crippen LogP contribution in [0.15, 0.2) is 10.2 Å². The summed E-state index contributed by atoms with van der Waals surface area (Å²) in [6.45, 7) is 0.261. The van der Waals surface area contributed by atoms with Crippen LogP contribution in [-0.4, -0.2) is 29.2 Å². The minimum atomic E-state index is -0.431. The molecule has 0 aliphatic carbocycles. The minimum Gasteiger partial charge on any atom is -0.302 e. The summed E-state index contributed by atoms with van der Waals surface area (Å²) in [6, 6.07) is -0.431. The van der Waals surface area contributed by atoms with Crippen molar-refractivity contribution >= 4 is 46.7 Å². The largest absolute Gasteiger partial charge is 0.327 e. The maximum Gasteiger partial charge on any atom is 0.327 e. The predicted molar refractivity (Wildman–Crippen MR) is 52.4 cm³/mol. The number of rotatable bonds is 2. The number of alkyl halides is 1. The third-order valence-corrected chi connectivity index (χ3v) is 2.03. The van der Waals surface area contributed by atoms with Crippen LogP contribution in [0.1, 0.15) is 0 Å². The fourth-order valence-corrected chi connectivity index (χ4v) is 1.35. The van der Waals surface area contributed by atoms with E-state index in [0.717, 1.165) is 4.90 Å². The lowest BCUT2D eigenvalue weighted by molar-refractivity contribution is 0.230. The molecule has 0 saturated carbocycles. The van der Waals surface area contributed by atoms with Gasteiger partial charge in [-0.3, -0.25) is 10.3 Å². The lowest BCUT2D eigenvalue weighted by Gasteiger charge is -2.10. The van der Waals surface area contributed by atoms with Crippen LogP contribution in [0.2, 0.25) is 0 Å². The Kier molecular flexibility index (Phi) is 3.41. The van der Waals surface area contributed by atoms with Crippen LogP contribution in [0.4, 0.5) is 4.79 Å².